The minimum atomic E-state index is -0.719. The molecule has 21 heavy (non-hydrogen) atoms. The molecule has 0 radical (unpaired) electrons. The monoisotopic (exact) mass is 289 g/mol. The lowest BCUT2D eigenvalue weighted by Crippen LogP contribution is -2.10. The molecule has 7 nitrogen and oxygen atoms in total. The van der Waals surface area contributed by atoms with E-state index in [1.54, 1.807) is 14.0 Å². The van der Waals surface area contributed by atoms with Crippen molar-refractivity contribution in [1.29, 1.82) is 0 Å². The van der Waals surface area contributed by atoms with Crippen LogP contribution in [0.15, 0.2) is 30.3 Å². The van der Waals surface area contributed by atoms with E-state index < -0.39 is 16.7 Å². The highest BCUT2D eigenvalue weighted by Gasteiger charge is 2.32. The first-order valence-electron chi connectivity index (χ1n) is 6.46. The number of hydrogen-bond donors (Lipinski definition) is 0. The van der Waals surface area contributed by atoms with E-state index in [9.17, 15) is 14.9 Å². The minimum Gasteiger partial charge on any atom is -0.462 e. The first-order chi connectivity index (χ1) is 10.0. The zero-order valence-electron chi connectivity index (χ0n) is 11.8. The van der Waals surface area contributed by atoms with Crippen LogP contribution in [-0.4, -0.2) is 27.3 Å². The van der Waals surface area contributed by atoms with E-state index in [4.69, 9.17) is 4.74 Å². The molecule has 2 rings (SSSR count). The Morgan fingerprint density at radius 3 is 2.62 bits per heavy atom. The van der Waals surface area contributed by atoms with Gasteiger partial charge in [-0.1, -0.05) is 30.3 Å². The van der Waals surface area contributed by atoms with Gasteiger partial charge in [0.15, 0.2) is 5.56 Å². The molecule has 0 spiro atoms. The summed E-state index contributed by atoms with van der Waals surface area (Å²) in [5.41, 5.74) is 1.32. The van der Waals surface area contributed by atoms with Gasteiger partial charge in [0.1, 0.15) is 0 Å². The van der Waals surface area contributed by atoms with Gasteiger partial charge < -0.3 is 14.9 Å². The molecule has 0 atom stereocenters. The molecule has 1 aromatic heterocycles. The molecule has 0 aliphatic heterocycles. The molecule has 110 valence electrons. The summed E-state index contributed by atoms with van der Waals surface area (Å²) in [6, 6.07) is 9.37. The lowest BCUT2D eigenvalue weighted by atomic mass is 10.1. The van der Waals surface area contributed by atoms with Crippen LogP contribution in [0.1, 0.15) is 28.5 Å². The summed E-state index contributed by atoms with van der Waals surface area (Å²) in [7, 11) is 1.58. The van der Waals surface area contributed by atoms with Crippen LogP contribution < -0.4 is 0 Å². The molecule has 0 saturated carbocycles. The largest absolute Gasteiger partial charge is 0.462 e. The summed E-state index contributed by atoms with van der Waals surface area (Å²) in [4.78, 5) is 22.4. The fourth-order valence-electron chi connectivity index (χ4n) is 2.08. The maximum Gasteiger partial charge on any atom is 0.404 e. The Hall–Kier alpha value is -2.70. The van der Waals surface area contributed by atoms with Gasteiger partial charge in [-0.15, -0.1) is 0 Å². The zero-order chi connectivity index (χ0) is 15.4. The van der Waals surface area contributed by atoms with E-state index in [1.165, 1.54) is 4.68 Å². The minimum absolute atomic E-state index is 0.0757. The van der Waals surface area contributed by atoms with Gasteiger partial charge in [-0.3, -0.25) is 0 Å². The van der Waals surface area contributed by atoms with E-state index in [1.807, 2.05) is 30.3 Å². The molecular weight excluding hydrogens is 274 g/mol. The molecule has 7 heteroatoms. The fourth-order valence-corrected chi connectivity index (χ4v) is 2.08. The molecule has 1 aromatic carbocycles. The Labute approximate surface area is 121 Å². The van der Waals surface area contributed by atoms with Gasteiger partial charge in [0.25, 0.3) is 0 Å². The number of hydrogen-bond acceptors (Lipinski definition) is 5. The van der Waals surface area contributed by atoms with Gasteiger partial charge in [-0.05, 0) is 17.4 Å². The third-order valence-corrected chi connectivity index (χ3v) is 3.01. The SMILES string of the molecule is CCOC(=O)c1c([N+](=O)[O-])nn(C)c1Cc1ccccc1. The van der Waals surface area contributed by atoms with Gasteiger partial charge in [0.05, 0.1) is 24.4 Å². The van der Waals surface area contributed by atoms with E-state index in [2.05, 4.69) is 5.10 Å². The Morgan fingerprint density at radius 2 is 2.05 bits per heavy atom. The van der Waals surface area contributed by atoms with Crippen LogP contribution in [0.25, 0.3) is 0 Å². The van der Waals surface area contributed by atoms with Crippen molar-refractivity contribution in [3.8, 4) is 0 Å². The third kappa shape index (κ3) is 3.07. The number of benzene rings is 1. The van der Waals surface area contributed by atoms with Gasteiger partial charge >= 0.3 is 11.8 Å². The predicted octanol–water partition coefficient (Wildman–Crippen LogP) is 2.10. The van der Waals surface area contributed by atoms with E-state index >= 15 is 0 Å². The van der Waals surface area contributed by atoms with Crippen molar-refractivity contribution in [2.45, 2.75) is 13.3 Å². The van der Waals surface area contributed by atoms with Crippen LogP contribution in [0.5, 0.6) is 0 Å². The second-order valence-corrected chi connectivity index (χ2v) is 4.41. The van der Waals surface area contributed by atoms with Crippen LogP contribution in [0.4, 0.5) is 5.82 Å². The molecule has 0 amide bonds. The topological polar surface area (TPSA) is 87.3 Å². The maximum absolute atomic E-state index is 12.0. The molecule has 0 N–H and O–H groups in total. The Bertz CT molecular complexity index is 664. The molecule has 0 bridgehead atoms. The number of carbonyl (C=O) groups is 1. The Kier molecular flexibility index (Phi) is 4.32. The third-order valence-electron chi connectivity index (χ3n) is 3.01. The van der Waals surface area contributed by atoms with Gasteiger partial charge in [0, 0.05) is 6.42 Å². The summed E-state index contributed by atoms with van der Waals surface area (Å²) in [5.74, 6) is -1.19. The molecule has 2 aromatic rings. The first-order valence-corrected chi connectivity index (χ1v) is 6.46. The summed E-state index contributed by atoms with van der Waals surface area (Å²) >= 11 is 0. The number of esters is 1. The van der Waals surface area contributed by atoms with Crippen molar-refractivity contribution >= 4 is 11.8 Å². The molecule has 0 aliphatic carbocycles. The van der Waals surface area contributed by atoms with E-state index in [-0.39, 0.29) is 12.2 Å². The number of carbonyl (C=O) groups excluding carboxylic acids is 1. The Morgan fingerprint density at radius 1 is 1.38 bits per heavy atom. The van der Waals surface area contributed by atoms with Crippen molar-refractivity contribution in [2.75, 3.05) is 6.61 Å². The second-order valence-electron chi connectivity index (χ2n) is 4.41. The molecule has 0 aliphatic rings. The quantitative estimate of drug-likeness (QED) is 0.478. The average Bonchev–Trinajstić information content (AvgIpc) is 2.78. The molecule has 1 heterocycles. The number of rotatable bonds is 5. The van der Waals surface area contributed by atoms with Crippen molar-refractivity contribution < 1.29 is 14.5 Å². The van der Waals surface area contributed by atoms with Gasteiger partial charge in [0.2, 0.25) is 0 Å². The van der Waals surface area contributed by atoms with E-state index in [0.717, 1.165) is 5.56 Å². The Balaban J connectivity index is 2.48. The highest BCUT2D eigenvalue weighted by Crippen LogP contribution is 2.24. The molecular formula is C14H15N3O4. The number of aryl methyl sites for hydroxylation is 1. The summed E-state index contributed by atoms with van der Waals surface area (Å²) < 4.78 is 6.27. The van der Waals surface area contributed by atoms with Crippen molar-refractivity contribution in [3.05, 3.63) is 57.3 Å². The maximum atomic E-state index is 12.0. The molecule has 0 fully saturated rings. The summed E-state index contributed by atoms with van der Waals surface area (Å²) in [5, 5.41) is 14.9. The normalized spacial score (nSPS) is 10.4. The second kappa shape index (κ2) is 6.17. The van der Waals surface area contributed by atoms with Gasteiger partial charge in [-0.2, -0.15) is 4.68 Å². The van der Waals surface area contributed by atoms with Crippen LogP contribution >= 0.6 is 0 Å². The van der Waals surface area contributed by atoms with E-state index in [0.29, 0.717) is 12.1 Å². The number of nitrogens with zero attached hydrogens (tertiary/aromatic N) is 3. The fraction of sp³-hybridized carbons (Fsp3) is 0.286. The smallest absolute Gasteiger partial charge is 0.404 e. The number of nitro groups is 1. The summed E-state index contributed by atoms with van der Waals surface area (Å²) in [6.45, 7) is 1.80. The lowest BCUT2D eigenvalue weighted by Gasteiger charge is -2.04. The molecule has 0 unspecified atom stereocenters. The average molecular weight is 289 g/mol. The predicted molar refractivity (Wildman–Crippen MR) is 75.1 cm³/mol. The van der Waals surface area contributed by atoms with Crippen LogP contribution in [-0.2, 0) is 18.2 Å². The van der Waals surface area contributed by atoms with Crippen molar-refractivity contribution in [1.82, 2.24) is 9.78 Å². The first kappa shape index (κ1) is 14.7. The van der Waals surface area contributed by atoms with Crippen molar-refractivity contribution in [3.63, 3.8) is 0 Å². The van der Waals surface area contributed by atoms with Crippen molar-refractivity contribution in [2.24, 2.45) is 7.05 Å². The van der Waals surface area contributed by atoms with Crippen LogP contribution in [0.2, 0.25) is 0 Å². The van der Waals surface area contributed by atoms with Crippen LogP contribution in [0, 0.1) is 10.1 Å². The van der Waals surface area contributed by atoms with Gasteiger partial charge in [-0.25, -0.2) is 4.79 Å². The lowest BCUT2D eigenvalue weighted by molar-refractivity contribution is -0.390. The highest BCUT2D eigenvalue weighted by molar-refractivity contribution is 5.94. The number of ether oxygens (including phenoxy) is 1. The zero-order valence-corrected chi connectivity index (χ0v) is 11.8. The molecule has 0 saturated heterocycles. The highest BCUT2D eigenvalue weighted by atomic mass is 16.6. The summed E-state index contributed by atoms with van der Waals surface area (Å²) in [6.07, 6.45) is 0.367. The standard InChI is InChI=1S/C14H15N3O4/c1-3-21-14(18)12-11(9-10-7-5-4-6-8-10)16(2)15-13(12)17(19)20/h4-8H,3,9H2,1-2H3. The van der Waals surface area contributed by atoms with Crippen LogP contribution in [0.3, 0.4) is 0 Å². The number of aromatic nitrogens is 2.